The molecule has 2 aromatic rings. The number of nitrogens with one attached hydrogen (secondary N) is 1. The molecule has 1 heterocycles. The van der Waals surface area contributed by atoms with Gasteiger partial charge in [-0.1, -0.05) is 18.3 Å². The van der Waals surface area contributed by atoms with Crippen molar-refractivity contribution in [2.75, 3.05) is 5.32 Å². The number of carbonyl (C=O) groups excluding carboxylic acids is 1. The van der Waals surface area contributed by atoms with Gasteiger partial charge in [-0.2, -0.15) is 0 Å². The Bertz CT molecular complexity index is 688. The van der Waals surface area contributed by atoms with Crippen LogP contribution in [0.4, 0.5) is 10.1 Å². The zero-order chi connectivity index (χ0) is 14.7. The zero-order valence-corrected chi connectivity index (χ0v) is 11.5. The Balaban J connectivity index is 2.33. The fraction of sp³-hybridized carbons (Fsp3) is 0.0714. The maximum atomic E-state index is 13.2. The quantitative estimate of drug-likeness (QED) is 0.852. The second kappa shape index (κ2) is 5.75. The molecule has 20 heavy (non-hydrogen) atoms. The number of carbonyl (C=O) groups is 1. The van der Waals surface area contributed by atoms with E-state index in [1.54, 1.807) is 19.1 Å². The molecule has 3 N–H and O–H groups in total. The first-order valence-corrected chi connectivity index (χ1v) is 6.22. The molecule has 2 rings (SSSR count). The molecule has 0 unspecified atom stereocenters. The molecule has 1 amide bonds. The summed E-state index contributed by atoms with van der Waals surface area (Å²) < 4.78 is 13.2. The van der Waals surface area contributed by atoms with E-state index in [9.17, 15) is 9.18 Å². The number of thiocarbonyl (C=S) groups is 1. The van der Waals surface area contributed by atoms with E-state index in [4.69, 9.17) is 18.0 Å². The van der Waals surface area contributed by atoms with Gasteiger partial charge in [0.15, 0.2) is 0 Å². The van der Waals surface area contributed by atoms with Gasteiger partial charge in [0.2, 0.25) is 0 Å². The van der Waals surface area contributed by atoms with E-state index in [1.165, 1.54) is 24.4 Å². The third-order valence-corrected chi connectivity index (χ3v) is 2.94. The first kappa shape index (κ1) is 14.1. The molecule has 4 nitrogen and oxygen atoms in total. The number of aromatic nitrogens is 1. The summed E-state index contributed by atoms with van der Waals surface area (Å²) >= 11 is 4.85. The molecule has 0 fully saturated rings. The van der Waals surface area contributed by atoms with Crippen molar-refractivity contribution in [3.8, 4) is 0 Å². The Hall–Kier alpha value is -2.34. The van der Waals surface area contributed by atoms with Crippen molar-refractivity contribution in [3.05, 3.63) is 59.2 Å². The lowest BCUT2D eigenvalue weighted by Crippen LogP contribution is -2.19. The Morgan fingerprint density at radius 2 is 2.15 bits per heavy atom. The maximum Gasteiger partial charge on any atom is 0.274 e. The first-order chi connectivity index (χ1) is 9.49. The standard InChI is InChI=1S/C14H12FN3OS/c1-8-3-2-6-17-12(8)14(19)18-11-5-4-9(15)7-10(11)13(16)20/h2-7H,1H3,(H2,16,20)(H,18,19). The number of pyridine rings is 1. The molecule has 6 heteroatoms. The van der Waals surface area contributed by atoms with Gasteiger partial charge in [-0.25, -0.2) is 4.39 Å². The first-order valence-electron chi connectivity index (χ1n) is 5.81. The van der Waals surface area contributed by atoms with Crippen molar-refractivity contribution >= 4 is 28.8 Å². The molecule has 0 aliphatic carbocycles. The van der Waals surface area contributed by atoms with Crippen LogP contribution in [0.25, 0.3) is 0 Å². The summed E-state index contributed by atoms with van der Waals surface area (Å²) in [7, 11) is 0. The van der Waals surface area contributed by atoms with Crippen LogP contribution in [0.1, 0.15) is 21.6 Å². The topological polar surface area (TPSA) is 68.0 Å². The fourth-order valence-corrected chi connectivity index (χ4v) is 1.90. The van der Waals surface area contributed by atoms with Crippen LogP contribution in [0, 0.1) is 12.7 Å². The summed E-state index contributed by atoms with van der Waals surface area (Å²) in [5, 5.41) is 2.64. The SMILES string of the molecule is Cc1cccnc1C(=O)Nc1ccc(F)cc1C(N)=S. The number of aryl methyl sites for hydroxylation is 1. The van der Waals surface area contributed by atoms with Gasteiger partial charge < -0.3 is 11.1 Å². The molecule has 0 spiro atoms. The highest BCUT2D eigenvalue weighted by molar-refractivity contribution is 7.80. The Labute approximate surface area is 120 Å². The highest BCUT2D eigenvalue weighted by Crippen LogP contribution is 2.18. The smallest absolute Gasteiger partial charge is 0.274 e. The molecule has 0 aliphatic heterocycles. The van der Waals surface area contributed by atoms with E-state index in [-0.39, 0.29) is 10.6 Å². The van der Waals surface area contributed by atoms with E-state index in [0.717, 1.165) is 5.56 Å². The normalized spacial score (nSPS) is 10.1. The van der Waals surface area contributed by atoms with Gasteiger partial charge in [0.25, 0.3) is 5.91 Å². The van der Waals surface area contributed by atoms with Crippen LogP contribution in [-0.2, 0) is 0 Å². The molecule has 102 valence electrons. The van der Waals surface area contributed by atoms with Crippen LogP contribution < -0.4 is 11.1 Å². The van der Waals surface area contributed by atoms with Gasteiger partial charge >= 0.3 is 0 Å². The van der Waals surface area contributed by atoms with Gasteiger partial charge in [-0.15, -0.1) is 0 Å². The van der Waals surface area contributed by atoms with E-state index >= 15 is 0 Å². The molecule has 1 aromatic carbocycles. The molecule has 0 radical (unpaired) electrons. The lowest BCUT2D eigenvalue weighted by atomic mass is 10.1. The molecular weight excluding hydrogens is 277 g/mol. The van der Waals surface area contributed by atoms with Crippen LogP contribution in [-0.4, -0.2) is 15.9 Å². The molecular formula is C14H12FN3OS. The fourth-order valence-electron chi connectivity index (χ4n) is 1.73. The molecule has 1 aromatic heterocycles. The van der Waals surface area contributed by atoms with Crippen molar-refractivity contribution in [2.24, 2.45) is 5.73 Å². The minimum absolute atomic E-state index is 0.0116. The van der Waals surface area contributed by atoms with Crippen LogP contribution in [0.15, 0.2) is 36.5 Å². The van der Waals surface area contributed by atoms with E-state index in [2.05, 4.69) is 10.3 Å². The molecule has 0 atom stereocenters. The number of rotatable bonds is 3. The number of anilines is 1. The van der Waals surface area contributed by atoms with Crippen molar-refractivity contribution in [1.82, 2.24) is 4.98 Å². The van der Waals surface area contributed by atoms with Crippen molar-refractivity contribution in [1.29, 1.82) is 0 Å². The van der Waals surface area contributed by atoms with Gasteiger partial charge in [0.1, 0.15) is 16.5 Å². The number of amides is 1. The monoisotopic (exact) mass is 289 g/mol. The number of halogens is 1. The lowest BCUT2D eigenvalue weighted by molar-refractivity contribution is 0.102. The Kier molecular flexibility index (Phi) is 4.05. The van der Waals surface area contributed by atoms with Crippen LogP contribution in [0.5, 0.6) is 0 Å². The summed E-state index contributed by atoms with van der Waals surface area (Å²) in [5.74, 6) is -0.868. The van der Waals surface area contributed by atoms with Crippen LogP contribution in [0.2, 0.25) is 0 Å². The highest BCUT2D eigenvalue weighted by atomic mass is 32.1. The molecule has 0 aliphatic rings. The summed E-state index contributed by atoms with van der Waals surface area (Å²) in [6.07, 6.45) is 1.53. The van der Waals surface area contributed by atoms with Crippen molar-refractivity contribution < 1.29 is 9.18 Å². The molecule has 0 saturated heterocycles. The number of nitrogens with zero attached hydrogens (tertiary/aromatic N) is 1. The van der Waals surface area contributed by atoms with Gasteiger partial charge in [0.05, 0.1) is 5.69 Å². The zero-order valence-electron chi connectivity index (χ0n) is 10.7. The lowest BCUT2D eigenvalue weighted by Gasteiger charge is -2.10. The predicted molar refractivity (Wildman–Crippen MR) is 79.2 cm³/mol. The van der Waals surface area contributed by atoms with Gasteiger partial charge in [0, 0.05) is 11.8 Å². The molecule has 0 saturated carbocycles. The van der Waals surface area contributed by atoms with Crippen molar-refractivity contribution in [2.45, 2.75) is 6.92 Å². The summed E-state index contributed by atoms with van der Waals surface area (Å²) in [4.78, 5) is 16.2. The third-order valence-electron chi connectivity index (χ3n) is 2.72. The van der Waals surface area contributed by atoms with E-state index < -0.39 is 11.7 Å². The predicted octanol–water partition coefficient (Wildman–Crippen LogP) is 2.42. The second-order valence-corrected chi connectivity index (χ2v) is 4.62. The minimum Gasteiger partial charge on any atom is -0.389 e. The average Bonchev–Trinajstić information content (AvgIpc) is 2.41. The summed E-state index contributed by atoms with van der Waals surface area (Å²) in [6, 6.07) is 7.34. The van der Waals surface area contributed by atoms with Gasteiger partial charge in [-0.3, -0.25) is 9.78 Å². The third kappa shape index (κ3) is 2.97. The summed E-state index contributed by atoms with van der Waals surface area (Å²) in [6.45, 7) is 1.78. The average molecular weight is 289 g/mol. The summed E-state index contributed by atoms with van der Waals surface area (Å²) in [5.41, 5.74) is 7.20. The minimum atomic E-state index is -0.472. The number of hydrogen-bond donors (Lipinski definition) is 2. The largest absolute Gasteiger partial charge is 0.389 e. The van der Waals surface area contributed by atoms with Crippen molar-refractivity contribution in [3.63, 3.8) is 0 Å². The number of hydrogen-bond acceptors (Lipinski definition) is 3. The number of benzene rings is 1. The van der Waals surface area contributed by atoms with Crippen LogP contribution in [0.3, 0.4) is 0 Å². The van der Waals surface area contributed by atoms with E-state index in [0.29, 0.717) is 11.4 Å². The molecule has 0 bridgehead atoms. The van der Waals surface area contributed by atoms with Crippen LogP contribution >= 0.6 is 12.2 Å². The highest BCUT2D eigenvalue weighted by Gasteiger charge is 2.14. The Morgan fingerprint density at radius 3 is 2.80 bits per heavy atom. The second-order valence-electron chi connectivity index (χ2n) is 4.18. The number of nitrogens with two attached hydrogens (primary N) is 1. The Morgan fingerprint density at radius 1 is 1.40 bits per heavy atom. The van der Waals surface area contributed by atoms with E-state index in [1.807, 2.05) is 0 Å². The maximum absolute atomic E-state index is 13.2. The van der Waals surface area contributed by atoms with Gasteiger partial charge in [-0.05, 0) is 36.8 Å².